The highest BCUT2D eigenvalue weighted by atomic mass is 16.4. The highest BCUT2D eigenvalue weighted by Gasteiger charge is 2.30. The smallest absolute Gasteiger partial charge is 0.305 e. The third-order valence-corrected chi connectivity index (χ3v) is 6.48. The number of aromatic nitrogens is 2. The van der Waals surface area contributed by atoms with E-state index in [4.69, 9.17) is 0 Å². The van der Waals surface area contributed by atoms with Gasteiger partial charge in [0.15, 0.2) is 0 Å². The zero-order chi connectivity index (χ0) is 25.7. The number of rotatable bonds is 9. The molecular formula is C28H33N3O4. The second-order valence-electron chi connectivity index (χ2n) is 9.21. The van der Waals surface area contributed by atoms with E-state index >= 15 is 0 Å². The average molecular weight is 476 g/mol. The predicted molar refractivity (Wildman–Crippen MR) is 136 cm³/mol. The van der Waals surface area contributed by atoms with Crippen LogP contribution in [0.5, 0.6) is 0 Å². The van der Waals surface area contributed by atoms with Crippen LogP contribution in [0.1, 0.15) is 61.0 Å². The van der Waals surface area contributed by atoms with Crippen molar-refractivity contribution in [2.45, 2.75) is 59.5 Å². The number of nitrogens with one attached hydrogen (secondary N) is 1. The van der Waals surface area contributed by atoms with E-state index in [1.54, 1.807) is 24.7 Å². The summed E-state index contributed by atoms with van der Waals surface area (Å²) < 4.78 is 1.43. The highest BCUT2D eigenvalue weighted by Crippen LogP contribution is 2.30. The van der Waals surface area contributed by atoms with E-state index in [2.05, 4.69) is 10.3 Å². The number of amides is 1. The van der Waals surface area contributed by atoms with Crippen LogP contribution in [0.4, 0.5) is 0 Å². The number of aryl methyl sites for hydroxylation is 3. The van der Waals surface area contributed by atoms with Gasteiger partial charge in [0.1, 0.15) is 6.04 Å². The standard InChI is InChI=1S/C28H33N3O4/c1-6-18(3)27(31-11-10-17(2)12-24(31)32)28(35)30-23(14-25(33)34)21-13-22(16-29-15-21)26-19(4)8-7-9-20(26)5/h7-13,15-16,18,23,27H,6,14H2,1-5H3,(H,30,35)(H,33,34)/t18?,23-,27-/m0/s1. The molecule has 2 aromatic heterocycles. The number of carbonyl (C=O) groups is 2. The zero-order valence-electron chi connectivity index (χ0n) is 20.9. The Morgan fingerprint density at radius 2 is 1.77 bits per heavy atom. The van der Waals surface area contributed by atoms with Crippen molar-refractivity contribution in [1.82, 2.24) is 14.9 Å². The Labute approximate surface area is 205 Å². The van der Waals surface area contributed by atoms with Gasteiger partial charge in [-0.05, 0) is 66.6 Å². The predicted octanol–water partition coefficient (Wildman–Crippen LogP) is 4.75. The Hall–Kier alpha value is -3.74. The van der Waals surface area contributed by atoms with Crippen LogP contribution in [0, 0.1) is 26.7 Å². The van der Waals surface area contributed by atoms with Crippen LogP contribution in [-0.2, 0) is 9.59 Å². The molecule has 0 bridgehead atoms. The molecule has 2 heterocycles. The molecule has 35 heavy (non-hydrogen) atoms. The molecule has 3 aromatic rings. The minimum Gasteiger partial charge on any atom is -0.481 e. The van der Waals surface area contributed by atoms with Crippen molar-refractivity contribution in [2.24, 2.45) is 5.92 Å². The first-order valence-corrected chi connectivity index (χ1v) is 11.8. The van der Waals surface area contributed by atoms with Gasteiger partial charge in [0.05, 0.1) is 12.5 Å². The lowest BCUT2D eigenvalue weighted by atomic mass is 9.94. The zero-order valence-corrected chi connectivity index (χ0v) is 20.9. The Bertz CT molecular complexity index is 1260. The van der Waals surface area contributed by atoms with Gasteiger partial charge < -0.3 is 15.0 Å². The molecule has 0 radical (unpaired) electrons. The van der Waals surface area contributed by atoms with Gasteiger partial charge in [-0.1, -0.05) is 38.5 Å². The highest BCUT2D eigenvalue weighted by molar-refractivity contribution is 5.82. The molecule has 0 saturated heterocycles. The van der Waals surface area contributed by atoms with Gasteiger partial charge in [0.25, 0.3) is 5.56 Å². The van der Waals surface area contributed by atoms with E-state index in [1.165, 1.54) is 10.6 Å². The monoisotopic (exact) mass is 475 g/mol. The maximum Gasteiger partial charge on any atom is 0.305 e. The third-order valence-electron chi connectivity index (χ3n) is 6.48. The van der Waals surface area contributed by atoms with Gasteiger partial charge >= 0.3 is 5.97 Å². The number of carboxylic acid groups (broad SMARTS) is 1. The molecule has 184 valence electrons. The van der Waals surface area contributed by atoms with E-state index in [-0.39, 0.29) is 17.9 Å². The summed E-state index contributed by atoms with van der Waals surface area (Å²) in [7, 11) is 0. The Morgan fingerprint density at radius 1 is 1.09 bits per heavy atom. The van der Waals surface area contributed by atoms with Crippen molar-refractivity contribution < 1.29 is 14.7 Å². The van der Waals surface area contributed by atoms with Gasteiger partial charge in [-0.3, -0.25) is 19.4 Å². The summed E-state index contributed by atoms with van der Waals surface area (Å²) in [6, 6.07) is 9.62. The number of nitrogens with zero attached hydrogens (tertiary/aromatic N) is 2. The number of pyridine rings is 2. The molecule has 2 N–H and O–H groups in total. The van der Waals surface area contributed by atoms with Crippen molar-refractivity contribution in [1.29, 1.82) is 0 Å². The summed E-state index contributed by atoms with van der Waals surface area (Å²) in [6.45, 7) is 9.72. The molecule has 1 unspecified atom stereocenters. The molecule has 0 aliphatic heterocycles. The topological polar surface area (TPSA) is 101 Å². The summed E-state index contributed by atoms with van der Waals surface area (Å²) >= 11 is 0. The molecule has 7 nitrogen and oxygen atoms in total. The van der Waals surface area contributed by atoms with Crippen molar-refractivity contribution in [3.63, 3.8) is 0 Å². The van der Waals surface area contributed by atoms with E-state index < -0.39 is 24.0 Å². The summed E-state index contributed by atoms with van der Waals surface area (Å²) in [4.78, 5) is 42.3. The summed E-state index contributed by atoms with van der Waals surface area (Å²) in [5.74, 6) is -1.57. The number of carboxylic acids is 1. The normalized spacial score (nSPS) is 13.6. The summed E-state index contributed by atoms with van der Waals surface area (Å²) in [5, 5.41) is 12.5. The number of carbonyl (C=O) groups excluding carboxylic acids is 1. The van der Waals surface area contributed by atoms with Crippen molar-refractivity contribution >= 4 is 11.9 Å². The first-order chi connectivity index (χ1) is 16.6. The molecule has 0 aliphatic carbocycles. The SMILES string of the molecule is CCC(C)[C@@H](C(=O)N[C@@H](CC(=O)O)c1cncc(-c2c(C)cccc2C)c1)n1ccc(C)cc1=O. The van der Waals surface area contributed by atoms with Crippen LogP contribution >= 0.6 is 0 Å². The molecule has 1 amide bonds. The van der Waals surface area contributed by atoms with E-state index in [9.17, 15) is 19.5 Å². The molecule has 0 spiro atoms. The molecule has 7 heteroatoms. The minimum absolute atomic E-state index is 0.139. The fourth-order valence-corrected chi connectivity index (χ4v) is 4.44. The van der Waals surface area contributed by atoms with Gasteiger partial charge in [0, 0.05) is 30.2 Å². The lowest BCUT2D eigenvalue weighted by Gasteiger charge is -2.27. The molecule has 0 aliphatic rings. The van der Waals surface area contributed by atoms with Crippen LogP contribution in [0.2, 0.25) is 0 Å². The maximum absolute atomic E-state index is 13.5. The van der Waals surface area contributed by atoms with Crippen molar-refractivity contribution in [3.8, 4) is 11.1 Å². The van der Waals surface area contributed by atoms with E-state index in [0.717, 1.165) is 27.8 Å². The number of benzene rings is 1. The molecule has 3 rings (SSSR count). The molecular weight excluding hydrogens is 442 g/mol. The van der Waals surface area contributed by atoms with Crippen LogP contribution < -0.4 is 10.9 Å². The summed E-state index contributed by atoms with van der Waals surface area (Å²) in [5.41, 5.74) is 5.20. The van der Waals surface area contributed by atoms with Gasteiger partial charge in [-0.15, -0.1) is 0 Å². The van der Waals surface area contributed by atoms with Gasteiger partial charge in [-0.25, -0.2) is 0 Å². The van der Waals surface area contributed by atoms with Crippen LogP contribution in [0.15, 0.2) is 59.8 Å². The Balaban J connectivity index is 2.00. The Morgan fingerprint density at radius 3 is 2.37 bits per heavy atom. The Kier molecular flexibility index (Phi) is 8.22. The first-order valence-electron chi connectivity index (χ1n) is 11.8. The largest absolute Gasteiger partial charge is 0.481 e. The van der Waals surface area contributed by atoms with Crippen molar-refractivity contribution in [3.05, 3.63) is 87.6 Å². The fourth-order valence-electron chi connectivity index (χ4n) is 4.44. The van der Waals surface area contributed by atoms with E-state index in [1.807, 2.05) is 58.9 Å². The van der Waals surface area contributed by atoms with Crippen LogP contribution in [0.3, 0.4) is 0 Å². The maximum atomic E-state index is 13.5. The van der Waals surface area contributed by atoms with Crippen LogP contribution in [-0.4, -0.2) is 26.5 Å². The van der Waals surface area contributed by atoms with Crippen LogP contribution in [0.25, 0.3) is 11.1 Å². The lowest BCUT2D eigenvalue weighted by molar-refractivity contribution is -0.138. The second-order valence-corrected chi connectivity index (χ2v) is 9.21. The van der Waals surface area contributed by atoms with E-state index in [0.29, 0.717) is 12.0 Å². The minimum atomic E-state index is -1.04. The fraction of sp³-hybridized carbons (Fsp3) is 0.357. The molecule has 0 fully saturated rings. The molecule has 3 atom stereocenters. The third kappa shape index (κ3) is 6.04. The molecule has 0 saturated carbocycles. The number of hydrogen-bond acceptors (Lipinski definition) is 4. The summed E-state index contributed by atoms with van der Waals surface area (Å²) in [6.07, 6.45) is 5.32. The van der Waals surface area contributed by atoms with Gasteiger partial charge in [-0.2, -0.15) is 0 Å². The van der Waals surface area contributed by atoms with Gasteiger partial charge in [0.2, 0.25) is 5.91 Å². The lowest BCUT2D eigenvalue weighted by Crippen LogP contribution is -2.42. The quantitative estimate of drug-likeness (QED) is 0.465. The second kappa shape index (κ2) is 11.1. The average Bonchev–Trinajstić information content (AvgIpc) is 2.80. The number of aliphatic carboxylic acids is 1. The van der Waals surface area contributed by atoms with Crippen molar-refractivity contribution in [2.75, 3.05) is 0 Å². The molecule has 1 aromatic carbocycles. The number of hydrogen-bond donors (Lipinski definition) is 2. The first kappa shape index (κ1) is 25.9.